The Morgan fingerprint density at radius 3 is 2.23 bits per heavy atom. The van der Waals surface area contributed by atoms with Crippen LogP contribution in [0.4, 0.5) is 21.6 Å². The van der Waals surface area contributed by atoms with Crippen molar-refractivity contribution in [1.29, 1.82) is 0 Å². The standard InChI is InChI=1S/C28H31FN4O2/c1-6-20(5)33(24-14-12-23(29)13-15-24)25-17-21(10-9-19(25)4)27(34)31-26-16-11-22(18-30-26)28(35)32(7-2)8-3/h6,9-18H,7-8H2,1-5H3,(H,30,31,34)/b20-6-. The zero-order valence-electron chi connectivity index (χ0n) is 20.8. The van der Waals surface area contributed by atoms with Crippen LogP contribution in [0.2, 0.25) is 0 Å². The van der Waals surface area contributed by atoms with Crippen molar-refractivity contribution in [3.63, 3.8) is 0 Å². The van der Waals surface area contributed by atoms with Gasteiger partial charge in [0.1, 0.15) is 11.6 Å². The lowest BCUT2D eigenvalue weighted by atomic mass is 10.1. The van der Waals surface area contributed by atoms with Gasteiger partial charge in [0, 0.05) is 41.9 Å². The van der Waals surface area contributed by atoms with E-state index >= 15 is 0 Å². The van der Waals surface area contributed by atoms with Gasteiger partial charge in [-0.1, -0.05) is 12.1 Å². The molecule has 0 saturated carbocycles. The SMILES string of the molecule is C/C=C(/C)N(c1ccc(F)cc1)c1cc(C(=O)Nc2ccc(C(=O)N(CC)CC)cn2)ccc1C. The number of amides is 2. The van der Waals surface area contributed by atoms with Gasteiger partial charge in [-0.15, -0.1) is 0 Å². The van der Waals surface area contributed by atoms with Crippen molar-refractivity contribution >= 4 is 29.0 Å². The Balaban J connectivity index is 1.86. The first-order valence-electron chi connectivity index (χ1n) is 11.6. The Morgan fingerprint density at radius 1 is 1.00 bits per heavy atom. The van der Waals surface area contributed by atoms with Gasteiger partial charge >= 0.3 is 0 Å². The summed E-state index contributed by atoms with van der Waals surface area (Å²) >= 11 is 0. The molecule has 0 unspecified atom stereocenters. The van der Waals surface area contributed by atoms with Crippen molar-refractivity contribution in [2.24, 2.45) is 0 Å². The number of benzene rings is 2. The zero-order chi connectivity index (χ0) is 25.5. The summed E-state index contributed by atoms with van der Waals surface area (Å²) < 4.78 is 13.5. The first-order chi connectivity index (χ1) is 16.8. The third kappa shape index (κ3) is 5.93. The van der Waals surface area contributed by atoms with Gasteiger partial charge in [0.25, 0.3) is 11.8 Å². The van der Waals surface area contributed by atoms with Crippen molar-refractivity contribution in [3.05, 3.63) is 95.1 Å². The average Bonchev–Trinajstić information content (AvgIpc) is 2.87. The summed E-state index contributed by atoms with van der Waals surface area (Å²) in [6, 6.07) is 15.0. The molecule has 0 spiro atoms. The fourth-order valence-electron chi connectivity index (χ4n) is 3.72. The van der Waals surface area contributed by atoms with Crippen molar-refractivity contribution in [2.45, 2.75) is 34.6 Å². The van der Waals surface area contributed by atoms with Crippen molar-refractivity contribution < 1.29 is 14.0 Å². The van der Waals surface area contributed by atoms with Crippen molar-refractivity contribution in [2.75, 3.05) is 23.3 Å². The molecule has 1 heterocycles. The van der Waals surface area contributed by atoms with Crippen LogP contribution in [0, 0.1) is 12.7 Å². The number of halogens is 1. The monoisotopic (exact) mass is 474 g/mol. The van der Waals surface area contributed by atoms with Crippen LogP contribution < -0.4 is 10.2 Å². The minimum Gasteiger partial charge on any atom is -0.339 e. The van der Waals surface area contributed by atoms with Gasteiger partial charge < -0.3 is 15.1 Å². The molecule has 0 aliphatic heterocycles. The predicted molar refractivity (Wildman–Crippen MR) is 139 cm³/mol. The number of hydrogen-bond acceptors (Lipinski definition) is 4. The predicted octanol–water partition coefficient (Wildman–Crippen LogP) is 6.33. The Bertz CT molecular complexity index is 1220. The van der Waals surface area contributed by atoms with Crippen LogP contribution in [0.15, 0.2) is 72.6 Å². The average molecular weight is 475 g/mol. The van der Waals surface area contributed by atoms with Gasteiger partial charge in [-0.25, -0.2) is 9.37 Å². The molecule has 3 aromatic rings. The van der Waals surface area contributed by atoms with E-state index in [1.807, 2.05) is 51.7 Å². The maximum absolute atomic E-state index is 13.5. The van der Waals surface area contributed by atoms with E-state index < -0.39 is 0 Å². The highest BCUT2D eigenvalue weighted by Crippen LogP contribution is 2.33. The van der Waals surface area contributed by atoms with E-state index in [2.05, 4.69) is 10.3 Å². The normalized spacial score (nSPS) is 11.2. The summed E-state index contributed by atoms with van der Waals surface area (Å²) in [5.74, 6) is -0.371. The largest absolute Gasteiger partial charge is 0.339 e. The Morgan fingerprint density at radius 2 is 1.66 bits per heavy atom. The molecule has 6 nitrogen and oxygen atoms in total. The second-order valence-electron chi connectivity index (χ2n) is 8.11. The van der Waals surface area contributed by atoms with Crippen LogP contribution in [-0.4, -0.2) is 34.8 Å². The lowest BCUT2D eigenvalue weighted by Crippen LogP contribution is -2.30. The van der Waals surface area contributed by atoms with E-state index in [4.69, 9.17) is 0 Å². The van der Waals surface area contributed by atoms with Crippen LogP contribution in [0.25, 0.3) is 0 Å². The molecule has 0 aliphatic rings. The second-order valence-corrected chi connectivity index (χ2v) is 8.11. The molecule has 2 aromatic carbocycles. The van der Waals surface area contributed by atoms with Gasteiger partial charge in [0.2, 0.25) is 0 Å². The summed E-state index contributed by atoms with van der Waals surface area (Å²) in [6.07, 6.45) is 3.43. The number of anilines is 3. The van der Waals surface area contributed by atoms with Gasteiger partial charge in [-0.2, -0.15) is 0 Å². The number of nitrogens with one attached hydrogen (secondary N) is 1. The van der Waals surface area contributed by atoms with Gasteiger partial charge in [-0.05, 0) is 88.7 Å². The number of aryl methyl sites for hydroxylation is 1. The Hall–Kier alpha value is -4.00. The number of rotatable bonds is 8. The summed E-state index contributed by atoms with van der Waals surface area (Å²) in [7, 11) is 0. The number of aromatic nitrogens is 1. The van der Waals surface area contributed by atoms with Crippen LogP contribution in [0.5, 0.6) is 0 Å². The molecular formula is C28H31FN4O2. The maximum atomic E-state index is 13.5. The molecule has 0 radical (unpaired) electrons. The Labute approximate surface area is 206 Å². The highest BCUT2D eigenvalue weighted by Gasteiger charge is 2.17. The lowest BCUT2D eigenvalue weighted by Gasteiger charge is -2.28. The third-order valence-electron chi connectivity index (χ3n) is 5.87. The fraction of sp³-hybridized carbons (Fsp3) is 0.250. The number of allylic oxidation sites excluding steroid dienone is 2. The van der Waals surface area contributed by atoms with Crippen molar-refractivity contribution in [1.82, 2.24) is 9.88 Å². The van der Waals surface area contributed by atoms with Crippen LogP contribution >= 0.6 is 0 Å². The number of hydrogen-bond donors (Lipinski definition) is 1. The Kier molecular flexibility index (Phi) is 8.36. The summed E-state index contributed by atoms with van der Waals surface area (Å²) in [4.78, 5) is 33.5. The second kappa shape index (κ2) is 11.4. The van der Waals surface area contributed by atoms with Crippen LogP contribution in [0.3, 0.4) is 0 Å². The molecule has 182 valence electrons. The zero-order valence-corrected chi connectivity index (χ0v) is 20.8. The van der Waals surface area contributed by atoms with E-state index in [0.29, 0.717) is 30.0 Å². The lowest BCUT2D eigenvalue weighted by molar-refractivity contribution is 0.0772. The number of carbonyl (C=O) groups excluding carboxylic acids is 2. The van der Waals surface area contributed by atoms with Crippen LogP contribution in [-0.2, 0) is 0 Å². The molecule has 0 bridgehead atoms. The number of carbonyl (C=O) groups is 2. The molecule has 1 N–H and O–H groups in total. The third-order valence-corrected chi connectivity index (χ3v) is 5.87. The quantitative estimate of drug-likeness (QED) is 0.415. The number of nitrogens with zero attached hydrogens (tertiary/aromatic N) is 3. The molecule has 0 fully saturated rings. The van der Waals surface area contributed by atoms with Gasteiger partial charge in [0.05, 0.1) is 5.56 Å². The summed E-state index contributed by atoms with van der Waals surface area (Å²) in [6.45, 7) is 10.9. The smallest absolute Gasteiger partial charge is 0.256 e. The highest BCUT2D eigenvalue weighted by molar-refractivity contribution is 6.05. The molecule has 1 aromatic heterocycles. The molecule has 2 amide bonds. The maximum Gasteiger partial charge on any atom is 0.256 e. The van der Waals surface area contributed by atoms with Crippen molar-refractivity contribution in [3.8, 4) is 0 Å². The first-order valence-corrected chi connectivity index (χ1v) is 11.6. The fourth-order valence-corrected chi connectivity index (χ4v) is 3.72. The van der Waals surface area contributed by atoms with Gasteiger partial charge in [0.15, 0.2) is 0 Å². The highest BCUT2D eigenvalue weighted by atomic mass is 19.1. The number of pyridine rings is 1. The van der Waals surface area contributed by atoms with E-state index in [9.17, 15) is 14.0 Å². The minimum absolute atomic E-state index is 0.0937. The molecule has 0 atom stereocenters. The van der Waals surface area contributed by atoms with E-state index in [1.165, 1.54) is 18.3 Å². The minimum atomic E-state index is -0.321. The molecular weight excluding hydrogens is 443 g/mol. The van der Waals surface area contributed by atoms with E-state index in [0.717, 1.165) is 22.6 Å². The first kappa shape index (κ1) is 25.6. The molecule has 35 heavy (non-hydrogen) atoms. The van der Waals surface area contributed by atoms with Gasteiger partial charge in [-0.3, -0.25) is 9.59 Å². The molecule has 7 heteroatoms. The van der Waals surface area contributed by atoms with E-state index in [-0.39, 0.29) is 17.6 Å². The topological polar surface area (TPSA) is 65.5 Å². The molecule has 0 aliphatic carbocycles. The summed E-state index contributed by atoms with van der Waals surface area (Å²) in [5.41, 5.74) is 4.43. The molecule has 0 saturated heterocycles. The van der Waals surface area contributed by atoms with E-state index in [1.54, 1.807) is 41.3 Å². The van der Waals surface area contributed by atoms with Crippen LogP contribution in [0.1, 0.15) is 54.0 Å². The summed E-state index contributed by atoms with van der Waals surface area (Å²) in [5, 5.41) is 2.80. The molecule has 3 rings (SSSR count).